The molecule has 25 heavy (non-hydrogen) atoms. The van der Waals surface area contributed by atoms with E-state index in [1.54, 1.807) is 13.8 Å². The van der Waals surface area contributed by atoms with Crippen LogP contribution in [0.4, 0.5) is 13.2 Å². The highest BCUT2D eigenvalue weighted by atomic mass is 35.5. The van der Waals surface area contributed by atoms with Crippen molar-refractivity contribution in [2.45, 2.75) is 32.5 Å². The number of rotatable bonds is 3. The third-order valence-electron chi connectivity index (χ3n) is 3.49. The minimum Gasteiger partial charge on any atom is -0.342 e. The molecule has 2 rings (SSSR count). The molecule has 0 bridgehead atoms. The summed E-state index contributed by atoms with van der Waals surface area (Å²) in [6.45, 7) is 4.69. The van der Waals surface area contributed by atoms with Crippen molar-refractivity contribution in [2.75, 3.05) is 0 Å². The van der Waals surface area contributed by atoms with Crippen LogP contribution in [0, 0.1) is 6.92 Å². The molecule has 0 saturated heterocycles. The first-order chi connectivity index (χ1) is 11.4. The lowest BCUT2D eigenvalue weighted by Gasteiger charge is -2.28. The van der Waals surface area contributed by atoms with Gasteiger partial charge in [-0.15, -0.1) is 0 Å². The molecule has 134 valence electrons. The van der Waals surface area contributed by atoms with Crippen LogP contribution in [-0.4, -0.2) is 15.9 Å². The standard InChI is InChI=1S/C16H15ClF3N3O2/c1-8-21-12(7-13(24)22-8)14(25)23-15(2,3)10-5-4-9(6-11(10)17)16(18,19)20/h4-7H,1-3H3,(H,23,25)(H,21,22,24). The SMILES string of the molecule is Cc1nc(C(=O)NC(C)(C)c2ccc(C(F)(F)F)cc2Cl)cc(=O)[nH]1. The van der Waals surface area contributed by atoms with Crippen LogP contribution < -0.4 is 10.9 Å². The Morgan fingerprint density at radius 1 is 1.24 bits per heavy atom. The van der Waals surface area contributed by atoms with E-state index in [0.29, 0.717) is 5.56 Å². The Bertz CT molecular complexity index is 876. The molecule has 1 aromatic carbocycles. The molecule has 2 aromatic rings. The number of hydrogen-bond acceptors (Lipinski definition) is 3. The number of H-pyrrole nitrogens is 1. The van der Waals surface area contributed by atoms with Crippen molar-refractivity contribution in [2.24, 2.45) is 0 Å². The monoisotopic (exact) mass is 373 g/mol. The number of carbonyl (C=O) groups is 1. The number of hydrogen-bond donors (Lipinski definition) is 2. The van der Waals surface area contributed by atoms with Crippen molar-refractivity contribution in [3.8, 4) is 0 Å². The number of carbonyl (C=O) groups excluding carboxylic acids is 1. The van der Waals surface area contributed by atoms with E-state index < -0.39 is 28.7 Å². The van der Waals surface area contributed by atoms with E-state index >= 15 is 0 Å². The lowest BCUT2D eigenvalue weighted by atomic mass is 9.93. The molecule has 0 fully saturated rings. The Balaban J connectivity index is 2.32. The van der Waals surface area contributed by atoms with Gasteiger partial charge in [-0.3, -0.25) is 9.59 Å². The van der Waals surface area contributed by atoms with Gasteiger partial charge in [0.25, 0.3) is 11.5 Å². The van der Waals surface area contributed by atoms with E-state index in [2.05, 4.69) is 15.3 Å². The summed E-state index contributed by atoms with van der Waals surface area (Å²) in [6.07, 6.45) is -4.51. The number of amides is 1. The summed E-state index contributed by atoms with van der Waals surface area (Å²) in [6, 6.07) is 3.94. The number of nitrogens with one attached hydrogen (secondary N) is 2. The van der Waals surface area contributed by atoms with Crippen LogP contribution in [-0.2, 0) is 11.7 Å². The molecule has 0 aliphatic carbocycles. The number of aromatic nitrogens is 2. The fourth-order valence-corrected chi connectivity index (χ4v) is 2.73. The van der Waals surface area contributed by atoms with Gasteiger partial charge in [-0.1, -0.05) is 17.7 Å². The van der Waals surface area contributed by atoms with Crippen LogP contribution in [0.2, 0.25) is 5.02 Å². The van der Waals surface area contributed by atoms with E-state index in [9.17, 15) is 22.8 Å². The van der Waals surface area contributed by atoms with E-state index in [4.69, 9.17) is 11.6 Å². The number of aromatic amines is 1. The number of alkyl halides is 3. The second kappa shape index (κ2) is 6.51. The van der Waals surface area contributed by atoms with Gasteiger partial charge < -0.3 is 10.3 Å². The molecule has 2 N–H and O–H groups in total. The molecule has 1 heterocycles. The lowest BCUT2D eigenvalue weighted by molar-refractivity contribution is -0.137. The minimum atomic E-state index is -4.51. The third kappa shape index (κ3) is 4.39. The normalized spacial score (nSPS) is 12.1. The van der Waals surface area contributed by atoms with Gasteiger partial charge in [-0.2, -0.15) is 13.2 Å². The molecule has 0 aliphatic heterocycles. The maximum absolute atomic E-state index is 12.7. The van der Waals surface area contributed by atoms with Crippen LogP contribution in [0.25, 0.3) is 0 Å². The Morgan fingerprint density at radius 3 is 2.40 bits per heavy atom. The van der Waals surface area contributed by atoms with Gasteiger partial charge in [-0.05, 0) is 38.5 Å². The maximum Gasteiger partial charge on any atom is 0.416 e. The number of aryl methyl sites for hydroxylation is 1. The Hall–Kier alpha value is -2.35. The van der Waals surface area contributed by atoms with Crippen LogP contribution in [0.1, 0.15) is 41.3 Å². The summed E-state index contributed by atoms with van der Waals surface area (Å²) in [7, 11) is 0. The summed E-state index contributed by atoms with van der Waals surface area (Å²) in [5, 5.41) is 2.49. The molecule has 0 spiro atoms. The fourth-order valence-electron chi connectivity index (χ4n) is 2.31. The summed E-state index contributed by atoms with van der Waals surface area (Å²) in [4.78, 5) is 30.1. The van der Waals surface area contributed by atoms with Gasteiger partial charge in [0.15, 0.2) is 0 Å². The van der Waals surface area contributed by atoms with Crippen molar-refractivity contribution >= 4 is 17.5 Å². The first kappa shape index (κ1) is 19.0. The lowest BCUT2D eigenvalue weighted by Crippen LogP contribution is -2.42. The van der Waals surface area contributed by atoms with Crippen molar-refractivity contribution in [1.29, 1.82) is 0 Å². The molecule has 5 nitrogen and oxygen atoms in total. The van der Waals surface area contributed by atoms with Gasteiger partial charge in [0.05, 0.1) is 11.1 Å². The highest BCUT2D eigenvalue weighted by Gasteiger charge is 2.33. The van der Waals surface area contributed by atoms with Crippen LogP contribution in [0.15, 0.2) is 29.1 Å². The molecular formula is C16H15ClF3N3O2. The molecular weight excluding hydrogens is 359 g/mol. The predicted molar refractivity (Wildman–Crippen MR) is 86.5 cm³/mol. The second-order valence-electron chi connectivity index (χ2n) is 5.99. The summed E-state index contributed by atoms with van der Waals surface area (Å²) < 4.78 is 38.2. The quantitative estimate of drug-likeness (QED) is 0.865. The van der Waals surface area contributed by atoms with Crippen LogP contribution in [0.3, 0.4) is 0 Å². The highest BCUT2D eigenvalue weighted by molar-refractivity contribution is 6.31. The summed E-state index contributed by atoms with van der Waals surface area (Å²) in [5.74, 6) is -0.377. The molecule has 9 heteroatoms. The smallest absolute Gasteiger partial charge is 0.342 e. The first-order valence-electron chi connectivity index (χ1n) is 7.18. The topological polar surface area (TPSA) is 74.8 Å². The largest absolute Gasteiger partial charge is 0.416 e. The summed E-state index contributed by atoms with van der Waals surface area (Å²) in [5.41, 5.74) is -2.25. The van der Waals surface area contributed by atoms with Gasteiger partial charge in [-0.25, -0.2) is 4.98 Å². The number of halogens is 4. The molecule has 1 amide bonds. The molecule has 0 saturated carbocycles. The van der Waals surface area contributed by atoms with Gasteiger partial charge in [0.2, 0.25) is 0 Å². The van der Waals surface area contributed by atoms with Crippen LogP contribution in [0.5, 0.6) is 0 Å². The Kier molecular flexibility index (Phi) is 4.94. The van der Waals surface area contributed by atoms with Crippen LogP contribution >= 0.6 is 11.6 Å². The van der Waals surface area contributed by atoms with Crippen molar-refractivity contribution in [1.82, 2.24) is 15.3 Å². The zero-order chi connectivity index (χ0) is 19.0. The average molecular weight is 374 g/mol. The third-order valence-corrected chi connectivity index (χ3v) is 3.80. The molecule has 0 atom stereocenters. The van der Waals surface area contributed by atoms with Crippen molar-refractivity contribution in [3.05, 3.63) is 62.3 Å². The van der Waals surface area contributed by atoms with Gasteiger partial charge >= 0.3 is 6.18 Å². The molecule has 1 aromatic heterocycles. The second-order valence-corrected chi connectivity index (χ2v) is 6.39. The van der Waals surface area contributed by atoms with E-state index in [1.165, 1.54) is 13.0 Å². The van der Waals surface area contributed by atoms with Gasteiger partial charge in [0.1, 0.15) is 11.5 Å². The zero-order valence-corrected chi connectivity index (χ0v) is 14.3. The maximum atomic E-state index is 12.7. The molecule has 0 unspecified atom stereocenters. The highest BCUT2D eigenvalue weighted by Crippen LogP contribution is 2.35. The zero-order valence-electron chi connectivity index (χ0n) is 13.6. The minimum absolute atomic E-state index is 0.0997. The number of nitrogens with zero attached hydrogens (tertiary/aromatic N) is 1. The van der Waals surface area contributed by atoms with Crippen molar-refractivity contribution in [3.63, 3.8) is 0 Å². The number of benzene rings is 1. The molecule has 0 aliphatic rings. The van der Waals surface area contributed by atoms with Gasteiger partial charge in [0, 0.05) is 11.1 Å². The van der Waals surface area contributed by atoms with E-state index in [0.717, 1.165) is 18.2 Å². The van der Waals surface area contributed by atoms with Crippen molar-refractivity contribution < 1.29 is 18.0 Å². The predicted octanol–water partition coefficient (Wildman–Crippen LogP) is 3.42. The van der Waals surface area contributed by atoms with E-state index in [-0.39, 0.29) is 16.5 Å². The van der Waals surface area contributed by atoms with E-state index in [1.807, 2.05) is 0 Å². The first-order valence-corrected chi connectivity index (χ1v) is 7.55. The molecule has 0 radical (unpaired) electrons. The Labute approximate surface area is 146 Å². The summed E-state index contributed by atoms with van der Waals surface area (Å²) >= 11 is 5.98. The average Bonchev–Trinajstić information content (AvgIpc) is 2.44. The fraction of sp³-hybridized carbons (Fsp3) is 0.312. The Morgan fingerprint density at radius 2 is 1.88 bits per heavy atom.